The van der Waals surface area contributed by atoms with Gasteiger partial charge in [-0.05, 0) is 62.2 Å². The molecule has 0 aliphatic carbocycles. The minimum atomic E-state index is -0.528. The lowest BCUT2D eigenvalue weighted by Crippen LogP contribution is -2.33. The van der Waals surface area contributed by atoms with E-state index in [1.54, 1.807) is 30.2 Å². The summed E-state index contributed by atoms with van der Waals surface area (Å²) in [6, 6.07) is 11.0. The maximum Gasteiger partial charge on any atom is 0.242 e. The lowest BCUT2D eigenvalue weighted by atomic mass is 10.1. The van der Waals surface area contributed by atoms with Gasteiger partial charge in [-0.25, -0.2) is 4.99 Å². The number of amides is 2. The van der Waals surface area contributed by atoms with Crippen LogP contribution in [0.15, 0.2) is 41.4 Å². The van der Waals surface area contributed by atoms with Crippen LogP contribution in [0.2, 0.25) is 5.02 Å². The van der Waals surface area contributed by atoms with Gasteiger partial charge in [0.2, 0.25) is 11.8 Å². The van der Waals surface area contributed by atoms with Crippen LogP contribution >= 0.6 is 23.4 Å². The summed E-state index contributed by atoms with van der Waals surface area (Å²) < 4.78 is 5.34. The Morgan fingerprint density at radius 1 is 1.23 bits per heavy atom. The highest BCUT2D eigenvalue weighted by Gasteiger charge is 2.38. The molecule has 1 atom stereocenters. The van der Waals surface area contributed by atoms with Crippen LogP contribution in [0.25, 0.3) is 0 Å². The van der Waals surface area contributed by atoms with Crippen molar-refractivity contribution in [2.75, 3.05) is 19.0 Å². The number of methoxy groups -OCH3 is 1. The standard InChI is InChI=1S/C22H24ClN3O3S/c1-5-26-21(28)19(12-20(27)24-16-9-13(2)8-14(3)10-16)30-22(26)25-17-11-15(23)6-7-18(17)29-4/h6-11,19H,5,12H2,1-4H3,(H,24,27)/t19-/m1/s1. The molecule has 0 aromatic heterocycles. The van der Waals surface area contributed by atoms with Gasteiger partial charge < -0.3 is 10.1 Å². The average Bonchev–Trinajstić information content (AvgIpc) is 2.95. The monoisotopic (exact) mass is 445 g/mol. The molecule has 2 amide bonds. The van der Waals surface area contributed by atoms with E-state index in [1.165, 1.54) is 11.8 Å². The smallest absolute Gasteiger partial charge is 0.242 e. The molecule has 0 bridgehead atoms. The van der Waals surface area contributed by atoms with Gasteiger partial charge in [0, 0.05) is 23.7 Å². The number of amidine groups is 1. The van der Waals surface area contributed by atoms with Gasteiger partial charge in [0.15, 0.2) is 5.17 Å². The van der Waals surface area contributed by atoms with E-state index in [0.717, 1.165) is 16.8 Å². The lowest BCUT2D eigenvalue weighted by Gasteiger charge is -2.14. The Bertz CT molecular complexity index is 989. The number of anilines is 1. The van der Waals surface area contributed by atoms with Gasteiger partial charge in [-0.1, -0.05) is 29.4 Å². The zero-order chi connectivity index (χ0) is 21.8. The second-order valence-corrected chi connectivity index (χ2v) is 8.63. The van der Waals surface area contributed by atoms with Crippen molar-refractivity contribution in [1.29, 1.82) is 0 Å². The van der Waals surface area contributed by atoms with Crippen molar-refractivity contribution >= 4 is 51.7 Å². The molecule has 0 spiro atoms. The highest BCUT2D eigenvalue weighted by Crippen LogP contribution is 2.36. The molecule has 8 heteroatoms. The van der Waals surface area contributed by atoms with E-state index in [2.05, 4.69) is 10.3 Å². The normalized spacial score (nSPS) is 17.5. The molecular formula is C22H24ClN3O3S. The fraction of sp³-hybridized carbons (Fsp3) is 0.318. The lowest BCUT2D eigenvalue weighted by molar-refractivity contribution is -0.128. The Kier molecular flexibility index (Phi) is 7.05. The van der Waals surface area contributed by atoms with Crippen molar-refractivity contribution in [2.45, 2.75) is 32.4 Å². The SMILES string of the molecule is CCN1C(=O)[C@@H](CC(=O)Nc2cc(C)cc(C)c2)SC1=Nc1cc(Cl)ccc1OC. The third kappa shape index (κ3) is 5.15. The third-order valence-electron chi connectivity index (χ3n) is 4.57. The zero-order valence-corrected chi connectivity index (χ0v) is 18.9. The summed E-state index contributed by atoms with van der Waals surface area (Å²) in [5, 5.41) is 3.43. The first-order valence-electron chi connectivity index (χ1n) is 9.59. The largest absolute Gasteiger partial charge is 0.494 e. The molecule has 6 nitrogen and oxygen atoms in total. The maximum atomic E-state index is 12.8. The number of carbonyl (C=O) groups is 2. The fourth-order valence-corrected chi connectivity index (χ4v) is 4.68. The summed E-state index contributed by atoms with van der Waals surface area (Å²) in [6.45, 7) is 6.29. The molecule has 3 rings (SSSR count). The van der Waals surface area contributed by atoms with Crippen LogP contribution in [0.4, 0.5) is 11.4 Å². The predicted molar refractivity (Wildman–Crippen MR) is 123 cm³/mol. The van der Waals surface area contributed by atoms with E-state index in [-0.39, 0.29) is 18.2 Å². The summed E-state index contributed by atoms with van der Waals surface area (Å²) in [5.41, 5.74) is 3.41. The number of aryl methyl sites for hydroxylation is 2. The number of hydrogen-bond donors (Lipinski definition) is 1. The highest BCUT2D eigenvalue weighted by atomic mass is 35.5. The summed E-state index contributed by atoms with van der Waals surface area (Å²) in [4.78, 5) is 31.6. The fourth-order valence-electron chi connectivity index (χ4n) is 3.30. The van der Waals surface area contributed by atoms with E-state index < -0.39 is 5.25 Å². The number of benzene rings is 2. The minimum Gasteiger partial charge on any atom is -0.494 e. The van der Waals surface area contributed by atoms with Crippen molar-refractivity contribution in [3.63, 3.8) is 0 Å². The van der Waals surface area contributed by atoms with E-state index in [1.807, 2.05) is 39.0 Å². The van der Waals surface area contributed by atoms with Crippen molar-refractivity contribution in [2.24, 2.45) is 4.99 Å². The average molecular weight is 446 g/mol. The first kappa shape index (κ1) is 22.2. The number of nitrogens with one attached hydrogen (secondary N) is 1. The van der Waals surface area contributed by atoms with E-state index in [9.17, 15) is 9.59 Å². The molecule has 0 radical (unpaired) electrons. The Hall–Kier alpha value is -2.51. The number of hydrogen-bond acceptors (Lipinski definition) is 5. The van der Waals surface area contributed by atoms with Crippen LogP contribution in [-0.4, -0.2) is 40.8 Å². The van der Waals surface area contributed by atoms with Gasteiger partial charge in [-0.15, -0.1) is 0 Å². The summed E-state index contributed by atoms with van der Waals surface area (Å²) >= 11 is 7.37. The Morgan fingerprint density at radius 3 is 2.57 bits per heavy atom. The summed E-state index contributed by atoms with van der Waals surface area (Å²) in [6.07, 6.45) is 0.0681. The van der Waals surface area contributed by atoms with Crippen molar-refractivity contribution in [3.05, 3.63) is 52.5 Å². The third-order valence-corrected chi connectivity index (χ3v) is 5.98. The number of rotatable bonds is 6. The van der Waals surface area contributed by atoms with Crippen molar-refractivity contribution < 1.29 is 14.3 Å². The topological polar surface area (TPSA) is 71.0 Å². The van der Waals surface area contributed by atoms with Crippen LogP contribution in [0, 0.1) is 13.8 Å². The van der Waals surface area contributed by atoms with E-state index in [4.69, 9.17) is 16.3 Å². The van der Waals surface area contributed by atoms with Crippen LogP contribution in [0.5, 0.6) is 5.75 Å². The molecule has 1 fully saturated rings. The molecule has 158 valence electrons. The predicted octanol–water partition coefficient (Wildman–Crippen LogP) is 4.95. The molecule has 1 saturated heterocycles. The molecule has 0 unspecified atom stereocenters. The molecule has 1 N–H and O–H groups in total. The van der Waals surface area contributed by atoms with Gasteiger partial charge in [0.05, 0.1) is 7.11 Å². The number of carbonyl (C=O) groups excluding carboxylic acids is 2. The Morgan fingerprint density at radius 2 is 1.93 bits per heavy atom. The molecule has 2 aromatic carbocycles. The first-order valence-corrected chi connectivity index (χ1v) is 10.8. The number of thioether (sulfide) groups is 1. The highest BCUT2D eigenvalue weighted by molar-refractivity contribution is 8.15. The quantitative estimate of drug-likeness (QED) is 0.683. The second-order valence-electron chi connectivity index (χ2n) is 7.03. The number of halogens is 1. The zero-order valence-electron chi connectivity index (χ0n) is 17.4. The van der Waals surface area contributed by atoms with Gasteiger partial charge >= 0.3 is 0 Å². The number of nitrogens with zero attached hydrogens (tertiary/aromatic N) is 2. The second kappa shape index (κ2) is 9.53. The molecule has 1 aliphatic rings. The van der Waals surface area contributed by atoms with Crippen LogP contribution < -0.4 is 10.1 Å². The van der Waals surface area contributed by atoms with Crippen LogP contribution in [0.1, 0.15) is 24.5 Å². The van der Waals surface area contributed by atoms with E-state index >= 15 is 0 Å². The maximum absolute atomic E-state index is 12.8. The Balaban J connectivity index is 1.77. The summed E-state index contributed by atoms with van der Waals surface area (Å²) in [7, 11) is 1.55. The first-order chi connectivity index (χ1) is 14.3. The minimum absolute atomic E-state index is 0.0681. The van der Waals surface area contributed by atoms with Crippen LogP contribution in [0.3, 0.4) is 0 Å². The molecule has 0 saturated carbocycles. The molecule has 30 heavy (non-hydrogen) atoms. The Labute approximate surface area is 185 Å². The number of ether oxygens (including phenoxy) is 1. The van der Waals surface area contributed by atoms with Gasteiger partial charge in [-0.2, -0.15) is 0 Å². The van der Waals surface area contributed by atoms with Gasteiger partial charge in [-0.3, -0.25) is 14.5 Å². The van der Waals surface area contributed by atoms with Gasteiger partial charge in [0.1, 0.15) is 16.7 Å². The van der Waals surface area contributed by atoms with Crippen molar-refractivity contribution in [1.82, 2.24) is 4.90 Å². The van der Waals surface area contributed by atoms with Gasteiger partial charge in [0.25, 0.3) is 0 Å². The summed E-state index contributed by atoms with van der Waals surface area (Å²) in [5.74, 6) is 0.230. The molecular weight excluding hydrogens is 422 g/mol. The molecule has 2 aromatic rings. The van der Waals surface area contributed by atoms with Crippen molar-refractivity contribution in [3.8, 4) is 5.75 Å². The number of aliphatic imine (C=N–C) groups is 1. The van der Waals surface area contributed by atoms with Crippen LogP contribution in [-0.2, 0) is 9.59 Å². The van der Waals surface area contributed by atoms with E-state index in [0.29, 0.717) is 28.2 Å². The molecule has 1 aliphatic heterocycles. The molecule has 1 heterocycles.